The molecule has 2 fully saturated rings. The van der Waals surface area contributed by atoms with Gasteiger partial charge in [0.1, 0.15) is 17.1 Å². The molecule has 3 aliphatic rings. The minimum absolute atomic E-state index is 0.118. The van der Waals surface area contributed by atoms with E-state index >= 15 is 0 Å². The summed E-state index contributed by atoms with van der Waals surface area (Å²) in [6, 6.07) is 13.0. The van der Waals surface area contributed by atoms with Crippen molar-refractivity contribution < 1.29 is 38.5 Å². The SMILES string of the molecule is CC(=O)Oc1ccc(N2C(=O)C3C(Cc4ccc(O)c(O)c4)NC4(C(=O)Nc5ccc(F)cc54)C3C2=O)cc1. The van der Waals surface area contributed by atoms with Gasteiger partial charge in [0, 0.05) is 24.2 Å². The zero-order valence-corrected chi connectivity index (χ0v) is 20.5. The van der Waals surface area contributed by atoms with Crippen molar-refractivity contribution in [2.45, 2.75) is 24.9 Å². The van der Waals surface area contributed by atoms with Gasteiger partial charge in [0.25, 0.3) is 0 Å². The lowest BCUT2D eigenvalue weighted by molar-refractivity contribution is -0.132. The first kappa shape index (κ1) is 24.6. The maximum Gasteiger partial charge on any atom is 0.308 e. The highest BCUT2D eigenvalue weighted by Gasteiger charge is 2.70. The van der Waals surface area contributed by atoms with E-state index in [0.29, 0.717) is 11.3 Å². The minimum atomic E-state index is -1.72. The van der Waals surface area contributed by atoms with E-state index in [1.165, 1.54) is 61.5 Å². The number of halogens is 1. The monoisotopic (exact) mass is 531 g/mol. The molecule has 0 aliphatic carbocycles. The van der Waals surface area contributed by atoms with Gasteiger partial charge in [0.2, 0.25) is 17.7 Å². The second-order valence-electron chi connectivity index (χ2n) is 9.83. The number of carbonyl (C=O) groups excluding carboxylic acids is 4. The number of anilines is 2. The molecule has 198 valence electrons. The summed E-state index contributed by atoms with van der Waals surface area (Å²) >= 11 is 0. The number of phenols is 2. The van der Waals surface area contributed by atoms with Crippen LogP contribution in [-0.4, -0.2) is 39.9 Å². The fourth-order valence-corrected chi connectivity index (χ4v) is 5.98. The van der Waals surface area contributed by atoms with Crippen molar-refractivity contribution in [2.24, 2.45) is 11.8 Å². The van der Waals surface area contributed by atoms with Crippen LogP contribution in [0, 0.1) is 17.7 Å². The smallest absolute Gasteiger partial charge is 0.308 e. The van der Waals surface area contributed by atoms with Crippen molar-refractivity contribution in [1.82, 2.24) is 5.32 Å². The lowest BCUT2D eigenvalue weighted by Crippen LogP contribution is -2.53. The fraction of sp³-hybridized carbons (Fsp3) is 0.214. The Balaban J connectivity index is 1.45. The Labute approximate surface area is 221 Å². The lowest BCUT2D eigenvalue weighted by atomic mass is 9.76. The zero-order valence-electron chi connectivity index (χ0n) is 20.5. The number of amides is 3. The van der Waals surface area contributed by atoms with Crippen LogP contribution in [0.15, 0.2) is 60.7 Å². The fourth-order valence-electron chi connectivity index (χ4n) is 5.98. The molecule has 0 aromatic heterocycles. The third-order valence-corrected chi connectivity index (χ3v) is 7.53. The van der Waals surface area contributed by atoms with Crippen molar-refractivity contribution in [1.29, 1.82) is 0 Å². The lowest BCUT2D eigenvalue weighted by Gasteiger charge is -2.29. The van der Waals surface area contributed by atoms with Gasteiger partial charge in [0.05, 0.1) is 17.5 Å². The number of imide groups is 1. The molecule has 3 amide bonds. The number of nitrogens with zero attached hydrogens (tertiary/aromatic N) is 1. The molecule has 39 heavy (non-hydrogen) atoms. The van der Waals surface area contributed by atoms with Crippen molar-refractivity contribution in [2.75, 3.05) is 10.2 Å². The first-order valence-electron chi connectivity index (χ1n) is 12.2. The molecule has 3 aromatic rings. The number of esters is 1. The molecule has 2 saturated heterocycles. The van der Waals surface area contributed by atoms with Crippen LogP contribution in [0.3, 0.4) is 0 Å². The van der Waals surface area contributed by atoms with E-state index in [0.717, 1.165) is 4.90 Å². The number of aromatic hydroxyl groups is 2. The number of rotatable bonds is 4. The average molecular weight is 531 g/mol. The summed E-state index contributed by atoms with van der Waals surface area (Å²) < 4.78 is 19.5. The number of hydrogen-bond donors (Lipinski definition) is 4. The molecule has 3 heterocycles. The molecular formula is C28H22FN3O7. The Morgan fingerprint density at radius 1 is 1.00 bits per heavy atom. The second-order valence-corrected chi connectivity index (χ2v) is 9.83. The van der Waals surface area contributed by atoms with Crippen LogP contribution in [0.1, 0.15) is 18.1 Å². The molecule has 4 N–H and O–H groups in total. The highest BCUT2D eigenvalue weighted by molar-refractivity contribution is 6.25. The molecule has 10 nitrogen and oxygen atoms in total. The van der Waals surface area contributed by atoms with Crippen LogP contribution in [0.25, 0.3) is 0 Å². The van der Waals surface area contributed by atoms with Gasteiger partial charge in [-0.3, -0.25) is 24.5 Å². The van der Waals surface area contributed by atoms with E-state index in [2.05, 4.69) is 10.6 Å². The maximum absolute atomic E-state index is 14.4. The first-order valence-corrected chi connectivity index (χ1v) is 12.2. The summed E-state index contributed by atoms with van der Waals surface area (Å²) in [6.45, 7) is 1.25. The molecule has 3 aromatic carbocycles. The van der Waals surface area contributed by atoms with Crippen LogP contribution in [-0.2, 0) is 31.1 Å². The van der Waals surface area contributed by atoms with Crippen LogP contribution in [0.5, 0.6) is 17.2 Å². The van der Waals surface area contributed by atoms with Gasteiger partial charge in [-0.1, -0.05) is 6.07 Å². The van der Waals surface area contributed by atoms with Gasteiger partial charge in [-0.15, -0.1) is 0 Å². The summed E-state index contributed by atoms with van der Waals surface area (Å²) in [5, 5.41) is 25.6. The second kappa shape index (κ2) is 8.63. The molecular weight excluding hydrogens is 509 g/mol. The molecule has 4 unspecified atom stereocenters. The Morgan fingerprint density at radius 3 is 2.44 bits per heavy atom. The van der Waals surface area contributed by atoms with Crippen molar-refractivity contribution in [3.63, 3.8) is 0 Å². The van der Waals surface area contributed by atoms with Crippen molar-refractivity contribution in [3.05, 3.63) is 77.6 Å². The van der Waals surface area contributed by atoms with Gasteiger partial charge in [-0.05, 0) is 66.6 Å². The quantitative estimate of drug-likeness (QED) is 0.174. The van der Waals surface area contributed by atoms with Gasteiger partial charge < -0.3 is 20.3 Å². The van der Waals surface area contributed by atoms with E-state index in [9.17, 15) is 33.8 Å². The molecule has 6 rings (SSSR count). The Kier molecular flexibility index (Phi) is 5.44. The summed E-state index contributed by atoms with van der Waals surface area (Å²) in [5.41, 5.74) is -0.387. The average Bonchev–Trinajstić information content (AvgIpc) is 3.46. The van der Waals surface area contributed by atoms with Gasteiger partial charge in [-0.2, -0.15) is 0 Å². The standard InChI is InChI=1S/C28H22FN3O7/c1-13(33)39-17-6-4-16(5-7-17)32-25(36)23-20(10-14-2-9-21(34)22(35)11-14)31-28(24(23)26(32)37)18-12-15(29)3-8-19(18)30-27(28)38/h2-9,11-12,20,23-24,31,34-35H,10H2,1H3,(H,30,38). The highest BCUT2D eigenvalue weighted by Crippen LogP contribution is 2.54. The number of ether oxygens (including phenoxy) is 1. The summed E-state index contributed by atoms with van der Waals surface area (Å²) in [4.78, 5) is 53.7. The third-order valence-electron chi connectivity index (χ3n) is 7.53. The molecule has 1 spiro atoms. The van der Waals surface area contributed by atoms with E-state index in [1.807, 2.05) is 0 Å². The van der Waals surface area contributed by atoms with Crippen LogP contribution < -0.4 is 20.3 Å². The molecule has 0 saturated carbocycles. The molecule has 3 aliphatic heterocycles. The third kappa shape index (κ3) is 3.65. The Morgan fingerprint density at radius 2 is 1.74 bits per heavy atom. The Bertz CT molecular complexity index is 1570. The summed E-state index contributed by atoms with van der Waals surface area (Å²) in [6.07, 6.45) is 0.118. The van der Waals surface area contributed by atoms with E-state index in [-0.39, 0.29) is 34.9 Å². The predicted molar refractivity (Wildman–Crippen MR) is 134 cm³/mol. The number of benzene rings is 3. The number of fused-ring (bicyclic) bond motifs is 4. The minimum Gasteiger partial charge on any atom is -0.504 e. The van der Waals surface area contributed by atoms with Crippen LogP contribution in [0.2, 0.25) is 0 Å². The van der Waals surface area contributed by atoms with Crippen LogP contribution >= 0.6 is 0 Å². The van der Waals surface area contributed by atoms with Crippen molar-refractivity contribution in [3.8, 4) is 17.2 Å². The van der Waals surface area contributed by atoms with Crippen molar-refractivity contribution >= 4 is 35.1 Å². The zero-order chi connectivity index (χ0) is 27.6. The number of phenolic OH excluding ortho intramolecular Hbond substituents is 2. The molecule has 0 bridgehead atoms. The highest BCUT2D eigenvalue weighted by atomic mass is 19.1. The first-order chi connectivity index (χ1) is 18.6. The molecule has 11 heteroatoms. The molecule has 0 radical (unpaired) electrons. The predicted octanol–water partition coefficient (Wildman–Crippen LogP) is 2.33. The van der Waals surface area contributed by atoms with E-state index in [4.69, 9.17) is 4.74 Å². The summed E-state index contributed by atoms with van der Waals surface area (Å²) in [7, 11) is 0. The number of nitrogens with one attached hydrogen (secondary N) is 2. The maximum atomic E-state index is 14.4. The number of carbonyl (C=O) groups is 4. The van der Waals surface area contributed by atoms with Gasteiger partial charge in [0.15, 0.2) is 11.5 Å². The van der Waals surface area contributed by atoms with E-state index in [1.54, 1.807) is 6.07 Å². The van der Waals surface area contributed by atoms with Gasteiger partial charge >= 0.3 is 5.97 Å². The normalized spacial score (nSPS) is 25.1. The van der Waals surface area contributed by atoms with Gasteiger partial charge in [-0.25, -0.2) is 9.29 Å². The Hall–Kier alpha value is -4.77. The summed E-state index contributed by atoms with van der Waals surface area (Å²) in [5.74, 6) is -5.56. The largest absolute Gasteiger partial charge is 0.504 e. The molecule has 4 atom stereocenters. The topological polar surface area (TPSA) is 145 Å². The van der Waals surface area contributed by atoms with Crippen LogP contribution in [0.4, 0.5) is 15.8 Å². The number of hydrogen-bond acceptors (Lipinski definition) is 8. The van der Waals surface area contributed by atoms with E-state index < -0.39 is 52.9 Å².